The van der Waals surface area contributed by atoms with Gasteiger partial charge in [0.2, 0.25) is 5.91 Å². The average Bonchev–Trinajstić information content (AvgIpc) is 3.38. The van der Waals surface area contributed by atoms with E-state index in [1.807, 2.05) is 31.2 Å². The van der Waals surface area contributed by atoms with Crippen molar-refractivity contribution in [1.29, 1.82) is 0 Å². The van der Waals surface area contributed by atoms with Crippen LogP contribution in [0.15, 0.2) is 72.9 Å². The van der Waals surface area contributed by atoms with Crippen molar-refractivity contribution in [3.8, 4) is 5.69 Å². The quantitative estimate of drug-likeness (QED) is 0.398. The summed E-state index contributed by atoms with van der Waals surface area (Å²) in [6.07, 6.45) is 1.64. The molecule has 1 saturated heterocycles. The Hall–Kier alpha value is -4.14. The second-order valence-electron chi connectivity index (χ2n) is 9.52. The van der Waals surface area contributed by atoms with Gasteiger partial charge in [-0.1, -0.05) is 36.8 Å². The number of alkyl halides is 2. The number of anilines is 1. The highest BCUT2D eigenvalue weighted by Gasteiger charge is 2.49. The zero-order chi connectivity index (χ0) is 26.5. The van der Waals surface area contributed by atoms with Crippen LogP contribution in [0.1, 0.15) is 31.0 Å². The summed E-state index contributed by atoms with van der Waals surface area (Å²) < 4.78 is 42.7. The monoisotopic (exact) mass is 506 g/mol. The minimum atomic E-state index is -3.58. The third-order valence-corrected chi connectivity index (χ3v) is 6.77. The first-order valence-corrected chi connectivity index (χ1v) is 11.9. The molecule has 1 fully saturated rings. The van der Waals surface area contributed by atoms with Gasteiger partial charge in [0.1, 0.15) is 5.82 Å². The minimum absolute atomic E-state index is 0.290. The first-order chi connectivity index (χ1) is 17.5. The molecule has 0 saturated carbocycles. The number of nitrogens with zero attached hydrogens (tertiary/aromatic N) is 3. The Morgan fingerprint density at radius 2 is 1.73 bits per heavy atom. The van der Waals surface area contributed by atoms with Gasteiger partial charge in [-0.05, 0) is 55.0 Å². The second-order valence-corrected chi connectivity index (χ2v) is 9.52. The molecule has 1 N–H and O–H groups in total. The fraction of sp³-hybridized carbons (Fsp3) is 0.250. The summed E-state index contributed by atoms with van der Waals surface area (Å²) in [6, 6.07) is 17.2. The highest BCUT2D eigenvalue weighted by atomic mass is 19.3. The van der Waals surface area contributed by atoms with Gasteiger partial charge in [-0.25, -0.2) is 9.07 Å². The largest absolute Gasteiger partial charge is 0.345 e. The molecule has 0 bridgehead atoms. The van der Waals surface area contributed by atoms with Crippen molar-refractivity contribution < 1.29 is 22.8 Å². The summed E-state index contributed by atoms with van der Waals surface area (Å²) in [5, 5.41) is 7.59. The number of aryl methyl sites for hydroxylation is 1. The van der Waals surface area contributed by atoms with E-state index in [0.29, 0.717) is 18.3 Å². The van der Waals surface area contributed by atoms with E-state index in [1.165, 1.54) is 12.1 Å². The van der Waals surface area contributed by atoms with Crippen LogP contribution in [-0.2, 0) is 9.59 Å². The van der Waals surface area contributed by atoms with Crippen molar-refractivity contribution in [1.82, 2.24) is 15.1 Å². The van der Waals surface area contributed by atoms with Gasteiger partial charge in [0.25, 0.3) is 5.91 Å². The Balaban J connectivity index is 1.58. The minimum Gasteiger partial charge on any atom is -0.345 e. The molecular formula is C28H25F3N4O2. The lowest BCUT2D eigenvalue weighted by atomic mass is 9.93. The Morgan fingerprint density at radius 1 is 1.03 bits per heavy atom. The molecular weight excluding hydrogens is 481 g/mol. The molecule has 4 aromatic rings. The van der Waals surface area contributed by atoms with Crippen molar-refractivity contribution in [2.45, 2.75) is 38.8 Å². The van der Waals surface area contributed by atoms with E-state index in [1.54, 1.807) is 53.0 Å². The molecule has 1 aliphatic rings. The van der Waals surface area contributed by atoms with Gasteiger partial charge >= 0.3 is 5.92 Å². The second kappa shape index (κ2) is 9.06. The first kappa shape index (κ1) is 24.5. The highest BCUT2D eigenvalue weighted by Crippen LogP contribution is 2.41. The number of nitrogens with one attached hydrogen (secondary N) is 1. The molecule has 0 spiro atoms. The molecule has 2 amide bonds. The smallest absolute Gasteiger partial charge is 0.321 e. The van der Waals surface area contributed by atoms with Crippen molar-refractivity contribution >= 4 is 28.4 Å². The molecule has 2 heterocycles. The van der Waals surface area contributed by atoms with Crippen LogP contribution in [0.5, 0.6) is 0 Å². The van der Waals surface area contributed by atoms with Crippen molar-refractivity contribution in [3.63, 3.8) is 0 Å². The number of halogens is 3. The SMILES string of the molecule is Cc1cccc([C@@H]2[C@@H](NC(=O)C(C)(F)F)[C@H](C)C(=O)N2c2ccc3c(cnn3-c3ccc(F)cc3)c2)c1. The van der Waals surface area contributed by atoms with Gasteiger partial charge in [0, 0.05) is 18.0 Å². The summed E-state index contributed by atoms with van der Waals surface area (Å²) in [7, 11) is 0. The number of aromatic nitrogens is 2. The molecule has 0 unspecified atom stereocenters. The van der Waals surface area contributed by atoms with Crippen LogP contribution < -0.4 is 10.2 Å². The highest BCUT2D eigenvalue weighted by molar-refractivity contribution is 6.01. The Bertz CT molecular complexity index is 1490. The fourth-order valence-electron chi connectivity index (χ4n) is 4.88. The summed E-state index contributed by atoms with van der Waals surface area (Å²) in [6.45, 7) is 4.07. The Morgan fingerprint density at radius 3 is 2.41 bits per heavy atom. The number of hydrogen-bond donors (Lipinski definition) is 1. The van der Waals surface area contributed by atoms with Crippen molar-refractivity contribution in [2.24, 2.45) is 5.92 Å². The van der Waals surface area contributed by atoms with E-state index < -0.39 is 29.8 Å². The van der Waals surface area contributed by atoms with Gasteiger partial charge in [0.05, 0.1) is 35.4 Å². The lowest BCUT2D eigenvalue weighted by Gasteiger charge is -2.30. The standard InChI is InChI=1S/C28H25F3N4O2/c1-16-5-4-6-18(13-16)25-24(33-27(37)28(3,30)31)17(2)26(36)34(25)22-11-12-23-19(14-22)15-32-35(23)21-9-7-20(29)8-10-21/h4-15,17,24-25H,1-3H3,(H,33,37)/t17-,24-,25+/m0/s1. The van der Waals surface area contributed by atoms with Crippen LogP contribution in [0, 0.1) is 18.7 Å². The maximum Gasteiger partial charge on any atom is 0.321 e. The van der Waals surface area contributed by atoms with Crippen LogP contribution in [-0.4, -0.2) is 33.6 Å². The predicted molar refractivity (Wildman–Crippen MR) is 134 cm³/mol. The molecule has 1 aromatic heterocycles. The van der Waals surface area contributed by atoms with E-state index in [2.05, 4.69) is 10.4 Å². The van der Waals surface area contributed by atoms with Gasteiger partial charge in [0.15, 0.2) is 0 Å². The fourth-order valence-corrected chi connectivity index (χ4v) is 4.88. The van der Waals surface area contributed by atoms with Crippen LogP contribution in [0.25, 0.3) is 16.6 Å². The van der Waals surface area contributed by atoms with Crippen LogP contribution in [0.2, 0.25) is 0 Å². The topological polar surface area (TPSA) is 67.2 Å². The van der Waals surface area contributed by atoms with E-state index in [9.17, 15) is 22.8 Å². The third-order valence-electron chi connectivity index (χ3n) is 6.77. The molecule has 9 heteroatoms. The number of hydrogen-bond acceptors (Lipinski definition) is 3. The summed E-state index contributed by atoms with van der Waals surface area (Å²) in [4.78, 5) is 27.4. The van der Waals surface area contributed by atoms with Gasteiger partial charge < -0.3 is 10.2 Å². The number of benzene rings is 3. The summed E-state index contributed by atoms with van der Waals surface area (Å²) in [5.74, 6) is -6.39. The molecule has 3 atom stereocenters. The number of rotatable bonds is 5. The van der Waals surface area contributed by atoms with Gasteiger partial charge in [-0.2, -0.15) is 13.9 Å². The lowest BCUT2D eigenvalue weighted by molar-refractivity contribution is -0.144. The van der Waals surface area contributed by atoms with Crippen LogP contribution in [0.3, 0.4) is 0 Å². The molecule has 5 rings (SSSR count). The van der Waals surface area contributed by atoms with Crippen LogP contribution in [0.4, 0.5) is 18.9 Å². The third kappa shape index (κ3) is 4.45. The van der Waals surface area contributed by atoms with E-state index in [4.69, 9.17) is 0 Å². The van der Waals surface area contributed by atoms with Crippen molar-refractivity contribution in [3.05, 3.63) is 89.9 Å². The average molecular weight is 507 g/mol. The normalized spacial score (nSPS) is 20.0. The number of carbonyl (C=O) groups excluding carboxylic acids is 2. The van der Waals surface area contributed by atoms with Gasteiger partial charge in [-0.15, -0.1) is 0 Å². The molecule has 6 nitrogen and oxygen atoms in total. The first-order valence-electron chi connectivity index (χ1n) is 11.9. The Labute approximate surface area is 211 Å². The zero-order valence-electron chi connectivity index (χ0n) is 20.5. The predicted octanol–water partition coefficient (Wildman–Crippen LogP) is 5.34. The molecule has 0 aliphatic carbocycles. The van der Waals surface area contributed by atoms with E-state index in [0.717, 1.165) is 22.0 Å². The maximum atomic E-state index is 13.8. The molecule has 3 aromatic carbocycles. The number of fused-ring (bicyclic) bond motifs is 1. The molecule has 0 radical (unpaired) electrons. The molecule has 37 heavy (non-hydrogen) atoms. The lowest BCUT2D eigenvalue weighted by Crippen LogP contribution is -2.48. The van der Waals surface area contributed by atoms with Crippen LogP contribution >= 0.6 is 0 Å². The van der Waals surface area contributed by atoms with E-state index >= 15 is 0 Å². The molecule has 1 aliphatic heterocycles. The summed E-state index contributed by atoms with van der Waals surface area (Å²) >= 11 is 0. The Kier molecular flexibility index (Phi) is 6.01. The van der Waals surface area contributed by atoms with E-state index in [-0.39, 0.29) is 11.7 Å². The zero-order valence-corrected chi connectivity index (χ0v) is 20.5. The summed E-state index contributed by atoms with van der Waals surface area (Å²) in [5.41, 5.74) is 3.64. The maximum absolute atomic E-state index is 13.8. The molecule has 190 valence electrons. The number of amides is 2. The number of carbonyl (C=O) groups is 2. The van der Waals surface area contributed by atoms with Gasteiger partial charge in [-0.3, -0.25) is 9.59 Å². The van der Waals surface area contributed by atoms with Crippen molar-refractivity contribution in [2.75, 3.05) is 4.90 Å².